The number of sulfonamides is 1. The van der Waals surface area contributed by atoms with Crippen molar-refractivity contribution >= 4 is 22.0 Å². The minimum Gasteiger partial charge on any atom is -0.444 e. The third-order valence-corrected chi connectivity index (χ3v) is 7.35. The normalized spacial score (nSPS) is 15.5. The quantitative estimate of drug-likeness (QED) is 0.624. The van der Waals surface area contributed by atoms with Gasteiger partial charge in [0.15, 0.2) is 0 Å². The first-order chi connectivity index (χ1) is 16.0. The van der Waals surface area contributed by atoms with Gasteiger partial charge in [0.05, 0.1) is 11.3 Å². The topological polar surface area (TPSA) is 105 Å². The van der Waals surface area contributed by atoms with E-state index in [1.807, 2.05) is 30.3 Å². The van der Waals surface area contributed by atoms with E-state index < -0.39 is 21.7 Å². The molecule has 1 aliphatic rings. The van der Waals surface area contributed by atoms with Crippen LogP contribution in [0.1, 0.15) is 44.7 Å². The van der Waals surface area contributed by atoms with Crippen molar-refractivity contribution in [2.75, 3.05) is 13.1 Å². The number of nitrogens with zero attached hydrogens (tertiary/aromatic N) is 1. The number of carbonyl (C=O) groups is 2. The molecule has 9 heteroatoms. The number of alkyl carbamates (subject to hydrolysis) is 1. The van der Waals surface area contributed by atoms with Crippen LogP contribution < -0.4 is 10.6 Å². The maximum atomic E-state index is 13.0. The lowest BCUT2D eigenvalue weighted by atomic mass is 10.1. The van der Waals surface area contributed by atoms with Gasteiger partial charge in [0.2, 0.25) is 15.9 Å². The van der Waals surface area contributed by atoms with Crippen LogP contribution in [0.4, 0.5) is 4.79 Å². The Balaban J connectivity index is 1.49. The molecule has 184 valence electrons. The minimum atomic E-state index is -3.63. The lowest BCUT2D eigenvalue weighted by molar-refractivity contribution is -0.120. The van der Waals surface area contributed by atoms with Gasteiger partial charge in [-0.25, -0.2) is 13.2 Å². The second-order valence-electron chi connectivity index (χ2n) is 9.41. The van der Waals surface area contributed by atoms with Crippen LogP contribution in [-0.2, 0) is 32.5 Å². The number of hydrogen-bond donors (Lipinski definition) is 2. The summed E-state index contributed by atoms with van der Waals surface area (Å²) < 4.78 is 32.8. The summed E-state index contributed by atoms with van der Waals surface area (Å²) in [5.41, 5.74) is 1.18. The number of rotatable bonds is 7. The molecule has 1 aliphatic heterocycles. The van der Waals surface area contributed by atoms with Gasteiger partial charge >= 0.3 is 6.09 Å². The van der Waals surface area contributed by atoms with Gasteiger partial charge in [-0.1, -0.05) is 42.5 Å². The average Bonchev–Trinajstić information content (AvgIpc) is 2.78. The summed E-state index contributed by atoms with van der Waals surface area (Å²) >= 11 is 0. The Bertz CT molecular complexity index is 1070. The van der Waals surface area contributed by atoms with Gasteiger partial charge in [0.25, 0.3) is 0 Å². The molecule has 1 heterocycles. The first-order valence-electron chi connectivity index (χ1n) is 11.4. The second-order valence-corrected chi connectivity index (χ2v) is 11.3. The Morgan fingerprint density at radius 2 is 1.59 bits per heavy atom. The van der Waals surface area contributed by atoms with Crippen molar-refractivity contribution in [2.24, 2.45) is 0 Å². The molecule has 2 amide bonds. The molecule has 3 rings (SSSR count). The number of nitrogens with one attached hydrogen (secondary N) is 2. The molecule has 34 heavy (non-hydrogen) atoms. The summed E-state index contributed by atoms with van der Waals surface area (Å²) in [4.78, 5) is 24.3. The van der Waals surface area contributed by atoms with Crippen LogP contribution >= 0.6 is 0 Å². The highest BCUT2D eigenvalue weighted by Crippen LogP contribution is 2.21. The number of amides is 2. The zero-order valence-corrected chi connectivity index (χ0v) is 20.7. The van der Waals surface area contributed by atoms with Crippen LogP contribution in [0, 0.1) is 0 Å². The number of hydrogen-bond acceptors (Lipinski definition) is 5. The maximum absolute atomic E-state index is 13.0. The van der Waals surface area contributed by atoms with Crippen molar-refractivity contribution in [1.29, 1.82) is 0 Å². The molecule has 0 saturated carbocycles. The fourth-order valence-corrected chi connectivity index (χ4v) is 5.16. The van der Waals surface area contributed by atoms with Crippen molar-refractivity contribution in [1.82, 2.24) is 14.9 Å². The predicted molar refractivity (Wildman–Crippen MR) is 130 cm³/mol. The SMILES string of the molecule is CC(C)(C)OC(=O)NC1CCN(S(=O)(=O)c2ccc(CNC(=O)Cc3ccccc3)cc2)CC1. The van der Waals surface area contributed by atoms with Crippen LogP contribution in [0.15, 0.2) is 59.5 Å². The molecular formula is C25H33N3O5S. The second kappa shape index (κ2) is 11.0. The largest absolute Gasteiger partial charge is 0.444 e. The average molecular weight is 488 g/mol. The van der Waals surface area contributed by atoms with Crippen molar-refractivity contribution in [3.05, 3.63) is 65.7 Å². The van der Waals surface area contributed by atoms with E-state index in [4.69, 9.17) is 4.74 Å². The van der Waals surface area contributed by atoms with Crippen LogP contribution in [0.2, 0.25) is 0 Å². The summed E-state index contributed by atoms with van der Waals surface area (Å²) in [5.74, 6) is -0.0919. The fourth-order valence-electron chi connectivity index (χ4n) is 3.69. The fraction of sp³-hybridized carbons (Fsp3) is 0.440. The first-order valence-corrected chi connectivity index (χ1v) is 12.9. The summed E-state index contributed by atoms with van der Waals surface area (Å²) in [6, 6.07) is 15.9. The molecule has 1 fully saturated rings. The molecule has 0 aromatic heterocycles. The monoisotopic (exact) mass is 487 g/mol. The Labute approximate surface area is 201 Å². The third kappa shape index (κ3) is 7.56. The zero-order valence-electron chi connectivity index (χ0n) is 19.9. The van der Waals surface area contributed by atoms with Crippen LogP contribution in [0.3, 0.4) is 0 Å². The number of carbonyl (C=O) groups excluding carboxylic acids is 2. The summed E-state index contributed by atoms with van der Waals surface area (Å²) in [5, 5.41) is 5.68. The van der Waals surface area contributed by atoms with Crippen molar-refractivity contribution in [3.63, 3.8) is 0 Å². The van der Waals surface area contributed by atoms with E-state index in [1.54, 1.807) is 45.0 Å². The van der Waals surface area contributed by atoms with Gasteiger partial charge in [0.1, 0.15) is 5.60 Å². The van der Waals surface area contributed by atoms with Crippen LogP contribution in [0.25, 0.3) is 0 Å². The van der Waals surface area contributed by atoms with Gasteiger partial charge in [-0.2, -0.15) is 4.31 Å². The van der Waals surface area contributed by atoms with Gasteiger partial charge in [-0.05, 0) is 56.9 Å². The van der Waals surface area contributed by atoms with Gasteiger partial charge < -0.3 is 15.4 Å². The molecule has 0 aliphatic carbocycles. The molecule has 0 spiro atoms. The molecular weight excluding hydrogens is 454 g/mol. The Morgan fingerprint density at radius 1 is 0.971 bits per heavy atom. The van der Waals surface area contributed by atoms with Crippen molar-refractivity contribution < 1.29 is 22.7 Å². The molecule has 2 aromatic rings. The maximum Gasteiger partial charge on any atom is 0.407 e. The highest BCUT2D eigenvalue weighted by atomic mass is 32.2. The molecule has 0 unspecified atom stereocenters. The molecule has 1 saturated heterocycles. The van der Waals surface area contributed by atoms with E-state index in [-0.39, 0.29) is 16.8 Å². The molecule has 2 aromatic carbocycles. The van der Waals surface area contributed by atoms with Gasteiger partial charge in [0, 0.05) is 25.7 Å². The third-order valence-electron chi connectivity index (χ3n) is 5.43. The minimum absolute atomic E-state index is 0.0919. The van der Waals surface area contributed by atoms with E-state index in [1.165, 1.54) is 4.31 Å². The molecule has 0 bridgehead atoms. The zero-order chi connectivity index (χ0) is 24.8. The van der Waals surface area contributed by atoms with Crippen LogP contribution in [-0.4, -0.2) is 49.5 Å². The van der Waals surface area contributed by atoms with Crippen molar-refractivity contribution in [3.8, 4) is 0 Å². The highest BCUT2D eigenvalue weighted by molar-refractivity contribution is 7.89. The molecule has 2 N–H and O–H groups in total. The molecule has 0 atom stereocenters. The van der Waals surface area contributed by atoms with Crippen LogP contribution in [0.5, 0.6) is 0 Å². The standard InChI is InChI=1S/C25H33N3O5S/c1-25(2,3)33-24(30)27-21-13-15-28(16-14-21)34(31,32)22-11-9-20(10-12-22)18-26-23(29)17-19-7-5-4-6-8-19/h4-12,21H,13-18H2,1-3H3,(H,26,29)(H,27,30). The highest BCUT2D eigenvalue weighted by Gasteiger charge is 2.30. The molecule has 0 radical (unpaired) electrons. The lowest BCUT2D eigenvalue weighted by Gasteiger charge is -2.32. The Hall–Kier alpha value is -2.91. The summed E-state index contributed by atoms with van der Waals surface area (Å²) in [6.45, 7) is 6.36. The van der Waals surface area contributed by atoms with E-state index in [0.717, 1.165) is 11.1 Å². The summed E-state index contributed by atoms with van der Waals surface area (Å²) in [7, 11) is -3.63. The molecule has 8 nitrogen and oxygen atoms in total. The number of ether oxygens (including phenoxy) is 1. The van der Waals surface area contributed by atoms with Crippen molar-refractivity contribution in [2.45, 2.75) is 63.1 Å². The first kappa shape index (κ1) is 25.7. The van der Waals surface area contributed by atoms with Gasteiger partial charge in [-0.15, -0.1) is 0 Å². The Kier molecular flexibility index (Phi) is 8.33. The van der Waals surface area contributed by atoms with E-state index >= 15 is 0 Å². The van der Waals surface area contributed by atoms with Gasteiger partial charge in [-0.3, -0.25) is 4.79 Å². The summed E-state index contributed by atoms with van der Waals surface area (Å²) in [6.07, 6.45) is 0.848. The Morgan fingerprint density at radius 3 is 2.18 bits per heavy atom. The lowest BCUT2D eigenvalue weighted by Crippen LogP contribution is -2.47. The predicted octanol–water partition coefficient (Wildman–Crippen LogP) is 3.22. The van der Waals surface area contributed by atoms with E-state index in [0.29, 0.717) is 38.9 Å². The number of piperidine rings is 1. The number of benzene rings is 2. The van der Waals surface area contributed by atoms with E-state index in [9.17, 15) is 18.0 Å². The van der Waals surface area contributed by atoms with E-state index in [2.05, 4.69) is 10.6 Å². The smallest absolute Gasteiger partial charge is 0.407 e.